The molecule has 7 nitrogen and oxygen atoms in total. The van der Waals surface area contributed by atoms with E-state index in [0.29, 0.717) is 5.70 Å². The highest BCUT2D eigenvalue weighted by Crippen LogP contribution is 2.32. The first kappa shape index (κ1) is 18.5. The Morgan fingerprint density at radius 1 is 1.44 bits per heavy atom. The summed E-state index contributed by atoms with van der Waals surface area (Å²) in [7, 11) is 1.57. The number of nitrogens with two attached hydrogens (primary N) is 2. The van der Waals surface area contributed by atoms with Crippen LogP contribution in [0.3, 0.4) is 0 Å². The molecule has 2 rings (SSSR count). The lowest BCUT2D eigenvalue weighted by atomic mass is 10.0. The molecule has 1 atom stereocenters. The standard InChI is InChI=1S/C15H18F3N7/c1-21-7-11(6-20)24-14-23-8-22-13(25-14)9-2-3-10(5-19)12(4-9)15(16,17)18/h2-4,6-8,14,24H,5,19-20H2,1H3,(H,22,23,25)/b11-6+,21-7?. The zero-order valence-electron chi connectivity index (χ0n) is 13.4. The molecule has 134 valence electrons. The molecule has 25 heavy (non-hydrogen) atoms. The number of allylic oxidation sites excluding steroid dienone is 1. The van der Waals surface area contributed by atoms with Crippen molar-refractivity contribution in [1.82, 2.24) is 10.6 Å². The van der Waals surface area contributed by atoms with Crippen LogP contribution in [0.5, 0.6) is 0 Å². The van der Waals surface area contributed by atoms with Gasteiger partial charge in [-0.3, -0.25) is 4.99 Å². The van der Waals surface area contributed by atoms with Gasteiger partial charge in [-0.05, 0) is 11.6 Å². The Labute approximate surface area is 142 Å². The lowest BCUT2D eigenvalue weighted by Gasteiger charge is -2.19. The number of benzene rings is 1. The SMILES string of the molecule is CN=C/C(=C\N)NC1N=CNC(c2ccc(CN)c(C(F)(F)F)c2)=N1. The molecule has 0 aliphatic carbocycles. The number of rotatable bonds is 5. The number of nitrogens with one attached hydrogen (secondary N) is 2. The number of aliphatic imine (C=N–C) groups is 3. The summed E-state index contributed by atoms with van der Waals surface area (Å²) in [5.41, 5.74) is 10.8. The van der Waals surface area contributed by atoms with E-state index < -0.39 is 18.0 Å². The first-order valence-corrected chi connectivity index (χ1v) is 7.26. The third kappa shape index (κ3) is 4.57. The molecular formula is C15H18F3N7. The zero-order valence-corrected chi connectivity index (χ0v) is 13.4. The van der Waals surface area contributed by atoms with Crippen LogP contribution in [0.25, 0.3) is 0 Å². The fourth-order valence-corrected chi connectivity index (χ4v) is 2.17. The Bertz CT molecular complexity index is 735. The van der Waals surface area contributed by atoms with Gasteiger partial charge in [0, 0.05) is 31.6 Å². The molecule has 0 bridgehead atoms. The van der Waals surface area contributed by atoms with E-state index in [2.05, 4.69) is 25.6 Å². The van der Waals surface area contributed by atoms with E-state index in [-0.39, 0.29) is 23.5 Å². The fourth-order valence-electron chi connectivity index (χ4n) is 2.17. The normalized spacial score (nSPS) is 18.2. The maximum atomic E-state index is 13.2. The average Bonchev–Trinajstić information content (AvgIpc) is 2.60. The molecule has 0 radical (unpaired) electrons. The van der Waals surface area contributed by atoms with E-state index in [4.69, 9.17) is 11.5 Å². The van der Waals surface area contributed by atoms with Crippen LogP contribution in [0, 0.1) is 0 Å². The zero-order chi connectivity index (χ0) is 18.4. The van der Waals surface area contributed by atoms with E-state index in [1.54, 1.807) is 7.05 Å². The number of alkyl halides is 3. The number of hydrogen-bond acceptors (Lipinski definition) is 7. The average molecular weight is 353 g/mol. The summed E-state index contributed by atoms with van der Waals surface area (Å²) in [5, 5.41) is 5.63. The maximum Gasteiger partial charge on any atom is 0.416 e. The molecule has 1 aromatic rings. The summed E-state index contributed by atoms with van der Waals surface area (Å²) in [5.74, 6) is 0.242. The lowest BCUT2D eigenvalue weighted by molar-refractivity contribution is -0.138. The molecule has 1 aromatic carbocycles. The summed E-state index contributed by atoms with van der Waals surface area (Å²) in [6.45, 7) is -0.207. The van der Waals surface area contributed by atoms with Gasteiger partial charge >= 0.3 is 6.18 Å². The smallest absolute Gasteiger partial charge is 0.403 e. The molecule has 6 N–H and O–H groups in total. The van der Waals surface area contributed by atoms with Gasteiger partial charge in [-0.15, -0.1) is 0 Å². The highest BCUT2D eigenvalue weighted by atomic mass is 19.4. The van der Waals surface area contributed by atoms with Crippen molar-refractivity contribution in [3.63, 3.8) is 0 Å². The van der Waals surface area contributed by atoms with E-state index in [0.717, 1.165) is 6.07 Å². The monoisotopic (exact) mass is 353 g/mol. The van der Waals surface area contributed by atoms with Gasteiger partial charge < -0.3 is 22.1 Å². The second-order valence-electron chi connectivity index (χ2n) is 5.00. The maximum absolute atomic E-state index is 13.2. The van der Waals surface area contributed by atoms with Crippen molar-refractivity contribution in [2.45, 2.75) is 19.0 Å². The highest BCUT2D eigenvalue weighted by Gasteiger charge is 2.33. The van der Waals surface area contributed by atoms with Crippen LogP contribution in [0.2, 0.25) is 0 Å². The van der Waals surface area contributed by atoms with Gasteiger partial charge in [0.2, 0.25) is 6.29 Å². The van der Waals surface area contributed by atoms with Gasteiger partial charge in [-0.2, -0.15) is 13.2 Å². The third-order valence-electron chi connectivity index (χ3n) is 3.32. The summed E-state index contributed by atoms with van der Waals surface area (Å²) in [6.07, 6.45) is -1.13. The predicted molar refractivity (Wildman–Crippen MR) is 91.1 cm³/mol. The van der Waals surface area contributed by atoms with Crippen molar-refractivity contribution in [3.8, 4) is 0 Å². The molecule has 0 saturated heterocycles. The van der Waals surface area contributed by atoms with Crippen molar-refractivity contribution in [3.05, 3.63) is 46.8 Å². The van der Waals surface area contributed by atoms with Crippen LogP contribution in [-0.2, 0) is 12.7 Å². The van der Waals surface area contributed by atoms with Crippen molar-refractivity contribution in [2.75, 3.05) is 7.05 Å². The van der Waals surface area contributed by atoms with E-state index in [1.807, 2.05) is 0 Å². The minimum atomic E-state index is -4.50. The molecule has 0 spiro atoms. The van der Waals surface area contributed by atoms with E-state index >= 15 is 0 Å². The molecule has 1 aliphatic rings. The Morgan fingerprint density at radius 2 is 2.20 bits per heavy atom. The highest BCUT2D eigenvalue weighted by molar-refractivity contribution is 6.05. The van der Waals surface area contributed by atoms with Crippen LogP contribution in [0.1, 0.15) is 16.7 Å². The van der Waals surface area contributed by atoms with Gasteiger partial charge in [-0.1, -0.05) is 12.1 Å². The minimum Gasteiger partial charge on any atom is -0.403 e. The first-order chi connectivity index (χ1) is 11.9. The van der Waals surface area contributed by atoms with Crippen LogP contribution in [0.15, 0.2) is 45.1 Å². The second-order valence-corrected chi connectivity index (χ2v) is 5.00. The quantitative estimate of drug-likeness (QED) is 0.590. The number of halogens is 3. The molecule has 1 heterocycles. The number of nitrogens with zero attached hydrogens (tertiary/aromatic N) is 3. The summed E-state index contributed by atoms with van der Waals surface area (Å²) in [6, 6.07) is 3.87. The van der Waals surface area contributed by atoms with E-state index in [1.165, 1.54) is 30.9 Å². The largest absolute Gasteiger partial charge is 0.416 e. The van der Waals surface area contributed by atoms with Crippen molar-refractivity contribution >= 4 is 18.4 Å². The Kier molecular flexibility index (Phi) is 5.75. The number of amidine groups is 1. The third-order valence-corrected chi connectivity index (χ3v) is 3.32. The lowest BCUT2D eigenvalue weighted by Crippen LogP contribution is -2.36. The van der Waals surface area contributed by atoms with Crippen LogP contribution < -0.4 is 22.1 Å². The van der Waals surface area contributed by atoms with Crippen LogP contribution in [0.4, 0.5) is 13.2 Å². The Hall–Kier alpha value is -2.88. The molecule has 0 fully saturated rings. The molecule has 1 aliphatic heterocycles. The molecule has 1 unspecified atom stereocenters. The van der Waals surface area contributed by atoms with Crippen molar-refractivity contribution < 1.29 is 13.2 Å². The van der Waals surface area contributed by atoms with Crippen molar-refractivity contribution in [2.24, 2.45) is 26.4 Å². The number of hydrogen-bond donors (Lipinski definition) is 4. The summed E-state index contributed by atoms with van der Waals surface area (Å²) >= 11 is 0. The molecule has 10 heteroatoms. The first-order valence-electron chi connectivity index (χ1n) is 7.26. The van der Waals surface area contributed by atoms with Gasteiger partial charge in [0.1, 0.15) is 5.84 Å². The molecule has 0 saturated carbocycles. The topological polar surface area (TPSA) is 113 Å². The fraction of sp³-hybridized carbons (Fsp3) is 0.267. The summed E-state index contributed by atoms with van der Waals surface area (Å²) < 4.78 is 39.5. The van der Waals surface area contributed by atoms with Crippen molar-refractivity contribution in [1.29, 1.82) is 0 Å². The summed E-state index contributed by atoms with van der Waals surface area (Å²) in [4.78, 5) is 12.1. The molecular weight excluding hydrogens is 335 g/mol. The van der Waals surface area contributed by atoms with Gasteiger partial charge in [-0.25, -0.2) is 9.98 Å². The second kappa shape index (κ2) is 7.79. The Morgan fingerprint density at radius 3 is 2.80 bits per heavy atom. The van der Waals surface area contributed by atoms with Gasteiger partial charge in [0.25, 0.3) is 0 Å². The van der Waals surface area contributed by atoms with Gasteiger partial charge in [0.15, 0.2) is 0 Å². The van der Waals surface area contributed by atoms with Crippen LogP contribution >= 0.6 is 0 Å². The van der Waals surface area contributed by atoms with Gasteiger partial charge in [0.05, 0.1) is 17.6 Å². The van der Waals surface area contributed by atoms with Crippen LogP contribution in [-0.4, -0.2) is 31.7 Å². The van der Waals surface area contributed by atoms with E-state index in [9.17, 15) is 13.2 Å². The minimum absolute atomic E-state index is 0.0171. The molecule has 0 amide bonds. The molecule has 0 aromatic heterocycles. The predicted octanol–water partition coefficient (Wildman–Crippen LogP) is 0.916. The Balaban J connectivity index is 2.32.